The van der Waals surface area contributed by atoms with Crippen molar-refractivity contribution >= 4 is 11.8 Å². The van der Waals surface area contributed by atoms with Crippen molar-refractivity contribution in [2.45, 2.75) is 71.0 Å². The lowest BCUT2D eigenvalue weighted by Crippen LogP contribution is -2.52. The van der Waals surface area contributed by atoms with Gasteiger partial charge >= 0.3 is 0 Å². The molecule has 1 saturated carbocycles. The number of halogens is 1. The summed E-state index contributed by atoms with van der Waals surface area (Å²) in [5.74, 6) is -0.146. The highest BCUT2D eigenvalue weighted by Crippen LogP contribution is 2.19. The third-order valence-electron chi connectivity index (χ3n) is 5.99. The van der Waals surface area contributed by atoms with Crippen LogP contribution in [-0.2, 0) is 16.1 Å². The predicted molar refractivity (Wildman–Crippen MR) is 123 cm³/mol. The number of nitrogens with zero attached hydrogens (tertiary/aromatic N) is 1. The molecule has 1 aliphatic rings. The summed E-state index contributed by atoms with van der Waals surface area (Å²) < 4.78 is 19.1. The van der Waals surface area contributed by atoms with E-state index < -0.39 is 6.04 Å². The van der Waals surface area contributed by atoms with E-state index in [2.05, 4.69) is 5.32 Å². The van der Waals surface area contributed by atoms with Crippen LogP contribution in [0.15, 0.2) is 48.5 Å². The summed E-state index contributed by atoms with van der Waals surface area (Å²) in [6, 6.07) is 13.0. The largest absolute Gasteiger partial charge is 0.484 e. The number of rotatable bonds is 9. The van der Waals surface area contributed by atoms with Gasteiger partial charge in [0.2, 0.25) is 5.91 Å². The van der Waals surface area contributed by atoms with Gasteiger partial charge in [0.15, 0.2) is 6.61 Å². The minimum Gasteiger partial charge on any atom is -0.484 e. The van der Waals surface area contributed by atoms with Crippen LogP contribution in [0.1, 0.15) is 56.6 Å². The zero-order chi connectivity index (χ0) is 22.9. The first-order valence-corrected chi connectivity index (χ1v) is 11.5. The van der Waals surface area contributed by atoms with E-state index >= 15 is 0 Å². The van der Waals surface area contributed by atoms with Gasteiger partial charge < -0.3 is 15.0 Å². The second-order valence-electron chi connectivity index (χ2n) is 8.52. The molecule has 1 fully saturated rings. The number of hydrogen-bond donors (Lipinski definition) is 1. The summed E-state index contributed by atoms with van der Waals surface area (Å²) in [7, 11) is 0. The summed E-state index contributed by atoms with van der Waals surface area (Å²) in [5.41, 5.74) is 1.87. The molecule has 6 heteroatoms. The SMILES string of the molecule is CC[C@H](C(=O)NC1CCCCC1)N(Cc1ccc(F)cc1)C(=O)COc1ccc(C)cc1. The first-order valence-electron chi connectivity index (χ1n) is 11.5. The van der Waals surface area contributed by atoms with E-state index in [0.717, 1.165) is 36.8 Å². The van der Waals surface area contributed by atoms with E-state index in [-0.39, 0.29) is 36.8 Å². The molecule has 0 aromatic heterocycles. The molecule has 1 N–H and O–H groups in total. The Bertz CT molecular complexity index is 877. The number of carbonyl (C=O) groups is 2. The third kappa shape index (κ3) is 6.81. The second kappa shape index (κ2) is 11.7. The van der Waals surface area contributed by atoms with Gasteiger partial charge in [-0.25, -0.2) is 4.39 Å². The topological polar surface area (TPSA) is 58.6 Å². The molecule has 2 aromatic rings. The lowest BCUT2D eigenvalue weighted by Gasteiger charge is -2.32. The number of carbonyl (C=O) groups excluding carboxylic acids is 2. The van der Waals surface area contributed by atoms with E-state index in [4.69, 9.17) is 4.74 Å². The summed E-state index contributed by atoms with van der Waals surface area (Å²) in [6.07, 6.45) is 5.87. The molecule has 1 aliphatic carbocycles. The van der Waals surface area contributed by atoms with E-state index in [1.165, 1.54) is 18.6 Å². The highest BCUT2D eigenvalue weighted by Gasteiger charge is 2.30. The van der Waals surface area contributed by atoms with Crippen molar-refractivity contribution in [3.05, 3.63) is 65.5 Å². The third-order valence-corrected chi connectivity index (χ3v) is 5.99. The summed E-state index contributed by atoms with van der Waals surface area (Å²) in [5, 5.41) is 3.15. The van der Waals surface area contributed by atoms with Gasteiger partial charge in [0.1, 0.15) is 17.6 Å². The van der Waals surface area contributed by atoms with E-state index in [9.17, 15) is 14.0 Å². The Hall–Kier alpha value is -2.89. The lowest BCUT2D eigenvalue weighted by molar-refractivity contribution is -0.143. The van der Waals surface area contributed by atoms with Crippen LogP contribution >= 0.6 is 0 Å². The number of nitrogens with one attached hydrogen (secondary N) is 1. The lowest BCUT2D eigenvalue weighted by atomic mass is 9.95. The number of hydrogen-bond acceptors (Lipinski definition) is 3. The van der Waals surface area contributed by atoms with Crippen LogP contribution in [-0.4, -0.2) is 35.4 Å². The zero-order valence-electron chi connectivity index (χ0n) is 19.0. The molecule has 0 aliphatic heterocycles. The molecule has 0 heterocycles. The van der Waals surface area contributed by atoms with Crippen molar-refractivity contribution in [2.75, 3.05) is 6.61 Å². The average Bonchev–Trinajstić information content (AvgIpc) is 2.80. The number of benzene rings is 2. The molecular formula is C26H33FN2O3. The number of ether oxygens (including phenoxy) is 1. The first-order chi connectivity index (χ1) is 15.5. The van der Waals surface area contributed by atoms with Gasteiger partial charge in [-0.3, -0.25) is 9.59 Å². The Kier molecular flexibility index (Phi) is 8.65. The quantitative estimate of drug-likeness (QED) is 0.611. The normalized spacial score (nSPS) is 15.1. The van der Waals surface area contributed by atoms with Gasteiger partial charge in [0, 0.05) is 12.6 Å². The maximum Gasteiger partial charge on any atom is 0.261 e. The predicted octanol–water partition coefficient (Wildman–Crippen LogP) is 4.77. The first kappa shape index (κ1) is 23.8. The van der Waals surface area contributed by atoms with E-state index in [0.29, 0.717) is 12.2 Å². The minimum absolute atomic E-state index is 0.134. The number of aryl methyl sites for hydroxylation is 1. The fourth-order valence-corrected chi connectivity index (χ4v) is 4.11. The fourth-order valence-electron chi connectivity index (χ4n) is 4.11. The zero-order valence-corrected chi connectivity index (χ0v) is 19.0. The molecule has 0 spiro atoms. The molecule has 2 aromatic carbocycles. The van der Waals surface area contributed by atoms with Gasteiger partial charge in [-0.05, 0) is 56.0 Å². The Morgan fingerprint density at radius 1 is 1.06 bits per heavy atom. The van der Waals surface area contributed by atoms with Gasteiger partial charge in [-0.15, -0.1) is 0 Å². The molecule has 0 saturated heterocycles. The van der Waals surface area contributed by atoms with Crippen molar-refractivity contribution in [2.24, 2.45) is 0 Å². The maximum absolute atomic E-state index is 13.4. The molecule has 5 nitrogen and oxygen atoms in total. The van der Waals surface area contributed by atoms with Crippen LogP contribution < -0.4 is 10.1 Å². The van der Waals surface area contributed by atoms with Crippen LogP contribution in [0.5, 0.6) is 5.75 Å². The Balaban J connectivity index is 1.73. The van der Waals surface area contributed by atoms with Gasteiger partial charge in [0.05, 0.1) is 0 Å². The minimum atomic E-state index is -0.615. The van der Waals surface area contributed by atoms with Crippen LogP contribution in [0.25, 0.3) is 0 Å². The van der Waals surface area contributed by atoms with Gasteiger partial charge in [-0.1, -0.05) is 56.0 Å². The molecule has 0 bridgehead atoms. The van der Waals surface area contributed by atoms with Crippen LogP contribution in [0.2, 0.25) is 0 Å². The Morgan fingerprint density at radius 2 is 1.72 bits per heavy atom. The molecule has 32 heavy (non-hydrogen) atoms. The summed E-state index contributed by atoms with van der Waals surface area (Å²) in [6.45, 7) is 3.93. The monoisotopic (exact) mass is 440 g/mol. The molecule has 0 unspecified atom stereocenters. The standard InChI is InChI=1S/C26H33FN2O3/c1-3-24(26(31)28-22-7-5-4-6-8-22)29(17-20-11-13-21(27)14-12-20)25(30)18-32-23-15-9-19(2)10-16-23/h9-16,22,24H,3-8,17-18H2,1-2H3,(H,28,31)/t24-/m1/s1. The summed E-state index contributed by atoms with van der Waals surface area (Å²) in [4.78, 5) is 27.9. The van der Waals surface area contributed by atoms with Crippen molar-refractivity contribution in [1.29, 1.82) is 0 Å². The second-order valence-corrected chi connectivity index (χ2v) is 8.52. The molecule has 172 valence electrons. The molecule has 2 amide bonds. The smallest absolute Gasteiger partial charge is 0.261 e. The highest BCUT2D eigenvalue weighted by atomic mass is 19.1. The Labute approximate surface area is 190 Å². The maximum atomic E-state index is 13.4. The average molecular weight is 441 g/mol. The molecule has 0 radical (unpaired) electrons. The highest BCUT2D eigenvalue weighted by molar-refractivity contribution is 5.88. The van der Waals surface area contributed by atoms with Crippen molar-refractivity contribution in [1.82, 2.24) is 10.2 Å². The van der Waals surface area contributed by atoms with Crippen LogP contribution in [0, 0.1) is 12.7 Å². The van der Waals surface area contributed by atoms with Gasteiger partial charge in [0.25, 0.3) is 5.91 Å². The van der Waals surface area contributed by atoms with Crippen LogP contribution in [0.3, 0.4) is 0 Å². The number of amides is 2. The fraction of sp³-hybridized carbons (Fsp3) is 0.462. The molecule has 1 atom stereocenters. The molecule has 3 rings (SSSR count). The van der Waals surface area contributed by atoms with Gasteiger partial charge in [-0.2, -0.15) is 0 Å². The van der Waals surface area contributed by atoms with Crippen LogP contribution in [0.4, 0.5) is 4.39 Å². The van der Waals surface area contributed by atoms with E-state index in [1.54, 1.807) is 17.0 Å². The van der Waals surface area contributed by atoms with Crippen molar-refractivity contribution in [3.8, 4) is 5.75 Å². The Morgan fingerprint density at radius 3 is 2.34 bits per heavy atom. The van der Waals surface area contributed by atoms with E-state index in [1.807, 2.05) is 38.1 Å². The van der Waals surface area contributed by atoms with Crippen molar-refractivity contribution in [3.63, 3.8) is 0 Å². The van der Waals surface area contributed by atoms with Crippen molar-refractivity contribution < 1.29 is 18.7 Å². The summed E-state index contributed by atoms with van der Waals surface area (Å²) >= 11 is 0. The molecular weight excluding hydrogens is 407 g/mol.